The number of benzene rings is 2. The number of halogens is 1. The Morgan fingerprint density at radius 1 is 1.03 bits per heavy atom. The first-order chi connectivity index (χ1) is 16.5. The second-order valence-electron chi connectivity index (χ2n) is 8.56. The third-order valence-electron chi connectivity index (χ3n) is 6.12. The molecule has 34 heavy (non-hydrogen) atoms. The number of hydrogen-bond donors (Lipinski definition) is 3. The van der Waals surface area contributed by atoms with E-state index in [9.17, 15) is 14.0 Å². The zero-order chi connectivity index (χ0) is 23.5. The van der Waals surface area contributed by atoms with Gasteiger partial charge in [0.15, 0.2) is 0 Å². The molecule has 2 heterocycles. The molecule has 5 rings (SSSR count). The van der Waals surface area contributed by atoms with Crippen molar-refractivity contribution in [1.29, 1.82) is 0 Å². The average molecular weight is 478 g/mol. The first-order valence-electron chi connectivity index (χ1n) is 11.3. The summed E-state index contributed by atoms with van der Waals surface area (Å²) in [4.78, 5) is 32.2. The number of amides is 2. The van der Waals surface area contributed by atoms with Gasteiger partial charge >= 0.3 is 0 Å². The van der Waals surface area contributed by atoms with Gasteiger partial charge in [0.25, 0.3) is 11.1 Å². The van der Waals surface area contributed by atoms with Gasteiger partial charge in [-0.25, -0.2) is 14.4 Å². The molecule has 0 atom stereocenters. The molecule has 1 aliphatic carbocycles. The smallest absolute Gasteiger partial charge is 0.290 e. The molecule has 0 bridgehead atoms. The highest BCUT2D eigenvalue weighted by Gasteiger charge is 2.25. The largest absolute Gasteiger partial charge is 0.351 e. The number of fused-ring (bicyclic) bond motifs is 1. The Bertz CT molecular complexity index is 1270. The molecule has 2 aromatic carbocycles. The number of rotatable bonds is 6. The SMILES string of the molecule is O=C1NC(=O)/C(=C/c2ccnc(NC3CCC(NCc4ccc5cc(F)ccc5c4)CC3)n2)S1. The maximum atomic E-state index is 13.4. The van der Waals surface area contributed by atoms with Crippen molar-refractivity contribution in [2.45, 2.75) is 44.3 Å². The molecular weight excluding hydrogens is 453 g/mol. The maximum Gasteiger partial charge on any atom is 0.290 e. The topological polar surface area (TPSA) is 96.0 Å². The van der Waals surface area contributed by atoms with Crippen molar-refractivity contribution in [2.75, 3.05) is 5.32 Å². The Hall–Kier alpha value is -3.30. The number of carbonyl (C=O) groups is 2. The van der Waals surface area contributed by atoms with Gasteiger partial charge in [-0.05, 0) is 84.1 Å². The third-order valence-corrected chi connectivity index (χ3v) is 6.93. The third kappa shape index (κ3) is 5.43. The number of imide groups is 1. The van der Waals surface area contributed by atoms with E-state index >= 15 is 0 Å². The molecule has 7 nitrogen and oxygen atoms in total. The highest BCUT2D eigenvalue weighted by molar-refractivity contribution is 8.18. The van der Waals surface area contributed by atoms with E-state index in [0.717, 1.165) is 54.8 Å². The van der Waals surface area contributed by atoms with Crippen molar-refractivity contribution in [3.8, 4) is 0 Å². The van der Waals surface area contributed by atoms with Crippen LogP contribution in [0.25, 0.3) is 16.8 Å². The second-order valence-corrected chi connectivity index (χ2v) is 9.57. The minimum atomic E-state index is -0.397. The van der Waals surface area contributed by atoms with Crippen LogP contribution < -0.4 is 16.0 Å². The Morgan fingerprint density at radius 3 is 2.59 bits per heavy atom. The minimum Gasteiger partial charge on any atom is -0.351 e. The first-order valence-corrected chi connectivity index (χ1v) is 12.1. The molecule has 0 spiro atoms. The average Bonchev–Trinajstić information content (AvgIpc) is 3.15. The van der Waals surface area contributed by atoms with Crippen LogP contribution in [0.3, 0.4) is 0 Å². The van der Waals surface area contributed by atoms with Crippen LogP contribution in [0.5, 0.6) is 0 Å². The highest BCUT2D eigenvalue weighted by Crippen LogP contribution is 2.26. The van der Waals surface area contributed by atoms with Gasteiger partial charge in [-0.15, -0.1) is 0 Å². The summed E-state index contributed by atoms with van der Waals surface area (Å²) in [5.41, 5.74) is 1.77. The summed E-state index contributed by atoms with van der Waals surface area (Å²) in [5, 5.41) is 10.9. The number of aromatic nitrogens is 2. The van der Waals surface area contributed by atoms with E-state index in [4.69, 9.17) is 0 Å². The monoisotopic (exact) mass is 477 g/mol. The van der Waals surface area contributed by atoms with Crippen molar-refractivity contribution >= 4 is 45.7 Å². The fraction of sp³-hybridized carbons (Fsp3) is 0.280. The van der Waals surface area contributed by atoms with E-state index in [2.05, 4.69) is 32.0 Å². The quantitative estimate of drug-likeness (QED) is 0.446. The highest BCUT2D eigenvalue weighted by atomic mass is 32.2. The zero-order valence-electron chi connectivity index (χ0n) is 18.4. The number of hydrogen-bond acceptors (Lipinski definition) is 7. The second kappa shape index (κ2) is 9.90. The fourth-order valence-corrected chi connectivity index (χ4v) is 5.01. The van der Waals surface area contributed by atoms with Crippen LogP contribution in [0, 0.1) is 5.82 Å². The Morgan fingerprint density at radius 2 is 1.79 bits per heavy atom. The molecule has 1 saturated carbocycles. The maximum absolute atomic E-state index is 13.4. The summed E-state index contributed by atoms with van der Waals surface area (Å²) < 4.78 is 13.4. The summed E-state index contributed by atoms with van der Waals surface area (Å²) in [5.74, 6) is -0.0887. The van der Waals surface area contributed by atoms with Gasteiger partial charge < -0.3 is 10.6 Å². The Kier molecular flexibility index (Phi) is 6.55. The predicted molar refractivity (Wildman–Crippen MR) is 132 cm³/mol. The Balaban J connectivity index is 1.12. The molecule has 2 amide bonds. The molecule has 9 heteroatoms. The molecule has 174 valence electrons. The molecule has 0 radical (unpaired) electrons. The Labute approximate surface area is 200 Å². The van der Waals surface area contributed by atoms with Crippen LogP contribution in [0.4, 0.5) is 15.1 Å². The summed E-state index contributed by atoms with van der Waals surface area (Å²) >= 11 is 0.873. The number of thioether (sulfide) groups is 1. The molecule has 0 unspecified atom stereocenters. The summed E-state index contributed by atoms with van der Waals surface area (Å²) in [6.07, 6.45) is 7.32. The number of nitrogens with one attached hydrogen (secondary N) is 3. The van der Waals surface area contributed by atoms with Crippen molar-refractivity contribution in [1.82, 2.24) is 20.6 Å². The molecule has 1 aliphatic heterocycles. The predicted octanol–water partition coefficient (Wildman–Crippen LogP) is 4.61. The van der Waals surface area contributed by atoms with E-state index in [1.54, 1.807) is 24.4 Å². The molecule has 2 fully saturated rings. The van der Waals surface area contributed by atoms with Crippen molar-refractivity contribution < 1.29 is 14.0 Å². The lowest BCUT2D eigenvalue weighted by Gasteiger charge is -2.30. The molecule has 3 aromatic rings. The van der Waals surface area contributed by atoms with Gasteiger partial charge in [-0.1, -0.05) is 18.2 Å². The first kappa shape index (κ1) is 22.5. The van der Waals surface area contributed by atoms with E-state index in [1.807, 2.05) is 18.2 Å². The van der Waals surface area contributed by atoms with Crippen molar-refractivity contribution in [3.05, 3.63) is 70.6 Å². The van der Waals surface area contributed by atoms with Gasteiger partial charge in [-0.3, -0.25) is 14.9 Å². The number of carbonyl (C=O) groups excluding carboxylic acids is 2. The lowest BCUT2D eigenvalue weighted by molar-refractivity contribution is -0.115. The molecule has 3 N–H and O–H groups in total. The van der Waals surface area contributed by atoms with Crippen molar-refractivity contribution in [3.63, 3.8) is 0 Å². The van der Waals surface area contributed by atoms with Crippen molar-refractivity contribution in [2.24, 2.45) is 0 Å². The molecule has 1 saturated heterocycles. The summed E-state index contributed by atoms with van der Waals surface area (Å²) in [6, 6.07) is 13.4. The lowest BCUT2D eigenvalue weighted by atomic mass is 9.91. The van der Waals surface area contributed by atoms with E-state index < -0.39 is 5.91 Å². The van der Waals surface area contributed by atoms with Gasteiger partial charge in [-0.2, -0.15) is 0 Å². The van der Waals surface area contributed by atoms with Gasteiger partial charge in [0.1, 0.15) is 5.82 Å². The number of anilines is 1. The van der Waals surface area contributed by atoms with Gasteiger partial charge in [0, 0.05) is 24.8 Å². The standard InChI is InChI=1S/C25H24FN5O2S/c26-18-4-3-16-11-15(1-2-17(16)12-18)14-28-19-5-7-20(8-6-19)29-24-27-10-9-21(30-24)13-22-23(32)31-25(33)34-22/h1-4,9-13,19-20,28H,5-8,14H2,(H,27,29,30)(H,31,32,33)/b22-13-. The van der Waals surface area contributed by atoms with Gasteiger partial charge in [0.2, 0.25) is 5.95 Å². The fourth-order valence-electron chi connectivity index (χ4n) is 4.34. The summed E-state index contributed by atoms with van der Waals surface area (Å²) in [7, 11) is 0. The lowest BCUT2D eigenvalue weighted by Crippen LogP contribution is -2.36. The molecular formula is C25H24FN5O2S. The van der Waals surface area contributed by atoms with Crippen LogP contribution in [-0.4, -0.2) is 33.2 Å². The van der Waals surface area contributed by atoms with E-state index in [-0.39, 0.29) is 17.1 Å². The number of nitrogens with zero attached hydrogens (tertiary/aromatic N) is 2. The molecule has 2 aliphatic rings. The van der Waals surface area contributed by atoms with Gasteiger partial charge in [0.05, 0.1) is 10.6 Å². The van der Waals surface area contributed by atoms with Crippen LogP contribution in [-0.2, 0) is 11.3 Å². The summed E-state index contributed by atoms with van der Waals surface area (Å²) in [6.45, 7) is 0.782. The molecule has 1 aromatic heterocycles. The minimum absolute atomic E-state index is 0.213. The van der Waals surface area contributed by atoms with Crippen LogP contribution >= 0.6 is 11.8 Å². The van der Waals surface area contributed by atoms with E-state index in [0.29, 0.717) is 22.6 Å². The van der Waals surface area contributed by atoms with Crippen LogP contribution in [0.15, 0.2) is 53.6 Å². The zero-order valence-corrected chi connectivity index (χ0v) is 19.2. The van der Waals surface area contributed by atoms with E-state index in [1.165, 1.54) is 11.6 Å². The van der Waals surface area contributed by atoms with Crippen LogP contribution in [0.2, 0.25) is 0 Å². The normalized spacial score (nSPS) is 21.7. The van der Waals surface area contributed by atoms with Crippen LogP contribution in [0.1, 0.15) is 36.9 Å².